The minimum absolute atomic E-state index is 0.0612. The molecule has 1 saturated heterocycles. The SMILES string of the molecule is CN(C(=O)Nc1ccccc1)[C@H]1CCS(=O)(=O)C1. The van der Waals surface area contributed by atoms with Gasteiger partial charge in [0.2, 0.25) is 0 Å². The molecule has 0 unspecified atom stereocenters. The molecule has 1 aliphatic heterocycles. The van der Waals surface area contributed by atoms with E-state index in [0.717, 1.165) is 0 Å². The molecule has 18 heavy (non-hydrogen) atoms. The molecule has 0 aromatic heterocycles. The van der Waals surface area contributed by atoms with Gasteiger partial charge in [0.1, 0.15) is 0 Å². The Bertz CT molecular complexity index is 528. The molecule has 0 aliphatic carbocycles. The fraction of sp³-hybridized carbons (Fsp3) is 0.417. The number of carbonyl (C=O) groups excluding carboxylic acids is 1. The molecule has 2 rings (SSSR count). The van der Waals surface area contributed by atoms with Crippen LogP contribution in [0.2, 0.25) is 0 Å². The molecule has 1 N–H and O–H groups in total. The Balaban J connectivity index is 1.98. The van der Waals surface area contributed by atoms with Gasteiger partial charge in [-0.15, -0.1) is 0 Å². The third-order valence-corrected chi connectivity index (χ3v) is 4.85. The van der Waals surface area contributed by atoms with Gasteiger partial charge in [0.05, 0.1) is 11.5 Å². The Morgan fingerprint density at radius 2 is 2.00 bits per heavy atom. The normalized spacial score (nSPS) is 21.5. The summed E-state index contributed by atoms with van der Waals surface area (Å²) in [5.74, 6) is 0.229. The second kappa shape index (κ2) is 4.97. The van der Waals surface area contributed by atoms with E-state index in [0.29, 0.717) is 12.1 Å². The minimum atomic E-state index is -2.97. The number of nitrogens with one attached hydrogen (secondary N) is 1. The highest BCUT2D eigenvalue weighted by Gasteiger charge is 2.32. The van der Waals surface area contributed by atoms with Crippen LogP contribution in [0.4, 0.5) is 10.5 Å². The van der Waals surface area contributed by atoms with Gasteiger partial charge in [0.25, 0.3) is 0 Å². The number of amides is 2. The van der Waals surface area contributed by atoms with Crippen molar-refractivity contribution in [1.82, 2.24) is 4.90 Å². The van der Waals surface area contributed by atoms with Crippen LogP contribution in [-0.2, 0) is 9.84 Å². The van der Waals surface area contributed by atoms with Crippen molar-refractivity contribution in [3.8, 4) is 0 Å². The maximum Gasteiger partial charge on any atom is 0.321 e. The Hall–Kier alpha value is -1.56. The molecule has 2 amide bonds. The van der Waals surface area contributed by atoms with Crippen LogP contribution in [0, 0.1) is 0 Å². The summed E-state index contributed by atoms with van der Waals surface area (Å²) in [5.41, 5.74) is 0.704. The van der Waals surface area contributed by atoms with Gasteiger partial charge in [0.15, 0.2) is 9.84 Å². The average molecular weight is 268 g/mol. The maximum absolute atomic E-state index is 11.9. The summed E-state index contributed by atoms with van der Waals surface area (Å²) in [7, 11) is -1.34. The first-order valence-corrected chi connectivity index (χ1v) is 7.59. The van der Waals surface area contributed by atoms with E-state index in [2.05, 4.69) is 5.32 Å². The molecule has 1 fully saturated rings. The number of rotatable bonds is 2. The number of sulfone groups is 1. The van der Waals surface area contributed by atoms with Crippen LogP contribution in [0.1, 0.15) is 6.42 Å². The Morgan fingerprint density at radius 3 is 2.56 bits per heavy atom. The quantitative estimate of drug-likeness (QED) is 0.880. The van der Waals surface area contributed by atoms with Crippen LogP contribution < -0.4 is 5.32 Å². The number of anilines is 1. The molecule has 0 saturated carbocycles. The number of hydrogen-bond acceptors (Lipinski definition) is 3. The summed E-state index contributed by atoms with van der Waals surface area (Å²) in [6, 6.07) is 8.60. The second-order valence-electron chi connectivity index (χ2n) is 4.46. The lowest BCUT2D eigenvalue weighted by atomic mass is 10.2. The van der Waals surface area contributed by atoms with Gasteiger partial charge >= 0.3 is 6.03 Å². The number of carbonyl (C=O) groups is 1. The van der Waals surface area contributed by atoms with Crippen molar-refractivity contribution in [1.29, 1.82) is 0 Å². The summed E-state index contributed by atoms with van der Waals surface area (Å²) in [6.07, 6.45) is 0.515. The van der Waals surface area contributed by atoms with Crippen molar-refractivity contribution in [3.63, 3.8) is 0 Å². The smallest absolute Gasteiger partial charge is 0.321 e. The van der Waals surface area contributed by atoms with Gasteiger partial charge in [-0.2, -0.15) is 0 Å². The number of benzene rings is 1. The highest BCUT2D eigenvalue weighted by atomic mass is 32.2. The molecule has 0 bridgehead atoms. The van der Waals surface area contributed by atoms with Crippen molar-refractivity contribution in [3.05, 3.63) is 30.3 Å². The van der Waals surface area contributed by atoms with E-state index in [4.69, 9.17) is 0 Å². The van der Waals surface area contributed by atoms with Gasteiger partial charge in [-0.1, -0.05) is 18.2 Å². The van der Waals surface area contributed by atoms with Gasteiger partial charge in [-0.25, -0.2) is 13.2 Å². The molecular formula is C12H16N2O3S. The fourth-order valence-electron chi connectivity index (χ4n) is 1.98. The minimum Gasteiger partial charge on any atom is -0.324 e. The first-order chi connectivity index (χ1) is 8.48. The first kappa shape index (κ1) is 12.9. The number of para-hydroxylation sites is 1. The Morgan fingerprint density at radius 1 is 1.33 bits per heavy atom. The zero-order chi connectivity index (χ0) is 13.2. The monoisotopic (exact) mass is 268 g/mol. The van der Waals surface area contributed by atoms with Crippen LogP contribution in [0.5, 0.6) is 0 Å². The molecular weight excluding hydrogens is 252 g/mol. The Labute approximate surface area is 107 Å². The van der Waals surface area contributed by atoms with E-state index in [1.807, 2.05) is 18.2 Å². The van der Waals surface area contributed by atoms with E-state index in [-0.39, 0.29) is 23.6 Å². The van der Waals surface area contributed by atoms with E-state index < -0.39 is 9.84 Å². The van der Waals surface area contributed by atoms with Crippen LogP contribution in [0.3, 0.4) is 0 Å². The van der Waals surface area contributed by atoms with Crippen LogP contribution >= 0.6 is 0 Å². The van der Waals surface area contributed by atoms with Gasteiger partial charge < -0.3 is 10.2 Å². The van der Waals surface area contributed by atoms with Crippen LogP contribution in [0.25, 0.3) is 0 Å². The average Bonchev–Trinajstić information content (AvgIpc) is 2.70. The summed E-state index contributed by atoms with van der Waals surface area (Å²) < 4.78 is 22.7. The largest absolute Gasteiger partial charge is 0.324 e. The molecule has 0 radical (unpaired) electrons. The molecule has 1 aliphatic rings. The zero-order valence-electron chi connectivity index (χ0n) is 10.2. The predicted octanol–water partition coefficient (Wildman–Crippen LogP) is 1.34. The lowest BCUT2D eigenvalue weighted by Gasteiger charge is -2.23. The lowest BCUT2D eigenvalue weighted by molar-refractivity contribution is 0.209. The first-order valence-electron chi connectivity index (χ1n) is 5.77. The Kier molecular flexibility index (Phi) is 3.56. The van der Waals surface area contributed by atoms with Gasteiger partial charge in [-0.3, -0.25) is 0 Å². The third kappa shape index (κ3) is 3.01. The van der Waals surface area contributed by atoms with Crippen LogP contribution in [-0.4, -0.2) is 43.9 Å². The molecule has 1 heterocycles. The zero-order valence-corrected chi connectivity index (χ0v) is 11.0. The van der Waals surface area contributed by atoms with E-state index >= 15 is 0 Å². The van der Waals surface area contributed by atoms with Crippen molar-refractivity contribution in [2.24, 2.45) is 0 Å². The lowest BCUT2D eigenvalue weighted by Crippen LogP contribution is -2.40. The molecule has 1 aromatic carbocycles. The highest BCUT2D eigenvalue weighted by molar-refractivity contribution is 7.91. The van der Waals surface area contributed by atoms with Crippen molar-refractivity contribution in [2.45, 2.75) is 12.5 Å². The third-order valence-electron chi connectivity index (χ3n) is 3.10. The molecule has 1 atom stereocenters. The highest BCUT2D eigenvalue weighted by Crippen LogP contribution is 2.17. The topological polar surface area (TPSA) is 66.5 Å². The maximum atomic E-state index is 11.9. The summed E-state index contributed by atoms with van der Waals surface area (Å²) in [4.78, 5) is 13.4. The standard InChI is InChI=1S/C12H16N2O3S/c1-14(11-7-8-18(16,17)9-11)12(15)13-10-5-3-2-4-6-10/h2-6,11H,7-9H2,1H3,(H,13,15)/t11-/m0/s1. The number of hydrogen-bond donors (Lipinski definition) is 1. The molecule has 6 heteroatoms. The predicted molar refractivity (Wildman–Crippen MR) is 70.3 cm³/mol. The summed E-state index contributed by atoms with van der Waals surface area (Å²) in [5, 5.41) is 2.74. The second-order valence-corrected chi connectivity index (χ2v) is 6.69. The summed E-state index contributed by atoms with van der Waals surface area (Å²) in [6.45, 7) is 0. The van der Waals surface area contributed by atoms with Gasteiger partial charge in [-0.05, 0) is 18.6 Å². The van der Waals surface area contributed by atoms with Crippen LogP contribution in [0.15, 0.2) is 30.3 Å². The van der Waals surface area contributed by atoms with E-state index in [1.54, 1.807) is 19.2 Å². The van der Waals surface area contributed by atoms with Gasteiger partial charge in [0, 0.05) is 18.8 Å². The molecule has 98 valence electrons. The number of nitrogens with zero attached hydrogens (tertiary/aromatic N) is 1. The number of urea groups is 1. The van der Waals surface area contributed by atoms with E-state index in [9.17, 15) is 13.2 Å². The summed E-state index contributed by atoms with van der Waals surface area (Å²) >= 11 is 0. The van der Waals surface area contributed by atoms with Crippen molar-refractivity contribution >= 4 is 21.6 Å². The van der Waals surface area contributed by atoms with E-state index in [1.165, 1.54) is 4.90 Å². The molecule has 5 nitrogen and oxygen atoms in total. The molecule has 1 aromatic rings. The fourth-order valence-corrected chi connectivity index (χ4v) is 3.75. The molecule has 0 spiro atoms. The van der Waals surface area contributed by atoms with Crippen molar-refractivity contribution in [2.75, 3.05) is 23.9 Å². The van der Waals surface area contributed by atoms with Crippen molar-refractivity contribution < 1.29 is 13.2 Å².